The monoisotopic (exact) mass is 524 g/mol. The molecule has 0 N–H and O–H groups in total. The van der Waals surface area contributed by atoms with Crippen LogP contribution in [0.25, 0.3) is 22.1 Å². The van der Waals surface area contributed by atoms with Gasteiger partial charge in [-0.1, -0.05) is 63.5 Å². The Labute approximate surface area is 224 Å². The van der Waals surface area contributed by atoms with Gasteiger partial charge in [-0.25, -0.2) is 14.6 Å². The molecule has 0 aliphatic heterocycles. The van der Waals surface area contributed by atoms with Crippen LogP contribution >= 0.6 is 0 Å². The summed E-state index contributed by atoms with van der Waals surface area (Å²) in [4.78, 5) is 29.5. The Hall–Kier alpha value is -3.55. The van der Waals surface area contributed by atoms with E-state index in [1.165, 1.54) is 43.4 Å². The van der Waals surface area contributed by atoms with Crippen molar-refractivity contribution in [1.29, 1.82) is 0 Å². The van der Waals surface area contributed by atoms with Crippen molar-refractivity contribution in [2.45, 2.75) is 64.2 Å². The summed E-state index contributed by atoms with van der Waals surface area (Å²) in [5, 5.41) is 0.773. The van der Waals surface area contributed by atoms with E-state index in [9.17, 15) is 9.59 Å². The summed E-state index contributed by atoms with van der Waals surface area (Å²) in [5.74, 6) is 1.26. The zero-order valence-corrected chi connectivity index (χ0v) is 22.9. The van der Waals surface area contributed by atoms with E-state index in [0.717, 1.165) is 42.4 Å². The first-order chi connectivity index (χ1) is 18.5. The summed E-state index contributed by atoms with van der Waals surface area (Å²) in [6.45, 7) is 1.12. The third-order valence-electron chi connectivity index (χ3n) is 6.38. The molecule has 2 aromatic heterocycles. The average molecular weight is 525 g/mol. The lowest BCUT2D eigenvalue weighted by atomic mass is 10.1. The Bertz CT molecular complexity index is 1190. The number of carbonyl (C=O) groups is 1. The number of hydrogen-bond donors (Lipinski definition) is 0. The summed E-state index contributed by atoms with van der Waals surface area (Å²) in [6.07, 6.45) is 12.8. The van der Waals surface area contributed by atoms with Crippen LogP contribution in [-0.4, -0.2) is 50.4 Å². The minimum absolute atomic E-state index is 0.266. The molecule has 0 bridgehead atoms. The number of methoxy groups -OCH3 is 1. The van der Waals surface area contributed by atoms with Gasteiger partial charge in [0.15, 0.2) is 5.58 Å². The molecule has 0 saturated carbocycles. The number of fused-ring (bicyclic) bond motifs is 1. The van der Waals surface area contributed by atoms with Crippen LogP contribution in [0.4, 0.5) is 4.79 Å². The highest BCUT2D eigenvalue weighted by Crippen LogP contribution is 2.25. The molecule has 3 aromatic rings. The van der Waals surface area contributed by atoms with Crippen LogP contribution in [0, 0.1) is 0 Å². The lowest BCUT2D eigenvalue weighted by Gasteiger charge is -2.10. The van der Waals surface area contributed by atoms with Crippen LogP contribution in [0.1, 0.15) is 64.2 Å². The van der Waals surface area contributed by atoms with E-state index in [-0.39, 0.29) is 6.09 Å². The molecule has 0 aliphatic rings. The molecule has 8 nitrogen and oxygen atoms in total. The molecule has 0 atom stereocenters. The maximum atomic E-state index is 12.4. The lowest BCUT2D eigenvalue weighted by Crippen LogP contribution is -2.23. The number of rotatable bonds is 16. The Morgan fingerprint density at radius 2 is 1.47 bits per heavy atom. The molecule has 0 radical (unpaired) electrons. The fraction of sp³-hybridized carbons (Fsp3) is 0.500. The first-order valence-electron chi connectivity index (χ1n) is 13.5. The normalized spacial score (nSPS) is 10.9. The quantitative estimate of drug-likeness (QED) is 0.189. The highest BCUT2D eigenvalue weighted by molar-refractivity contribution is 5.81. The molecular weight excluding hydrogens is 484 g/mol. The van der Waals surface area contributed by atoms with Gasteiger partial charge in [0.25, 0.3) is 0 Å². The van der Waals surface area contributed by atoms with E-state index in [1.807, 2.05) is 36.4 Å². The molecule has 0 saturated heterocycles. The zero-order valence-electron chi connectivity index (χ0n) is 22.9. The molecule has 2 heterocycles. The molecule has 206 valence electrons. The van der Waals surface area contributed by atoms with Gasteiger partial charge >= 0.3 is 11.7 Å². The minimum Gasteiger partial charge on any atom is -0.497 e. The van der Waals surface area contributed by atoms with E-state index in [4.69, 9.17) is 18.6 Å². The third-order valence-corrected chi connectivity index (χ3v) is 6.38. The molecular formula is C30H40N2O6. The zero-order chi connectivity index (χ0) is 27.2. The van der Waals surface area contributed by atoms with Crippen molar-refractivity contribution in [1.82, 2.24) is 9.88 Å². The van der Waals surface area contributed by atoms with Gasteiger partial charge in [-0.2, -0.15) is 0 Å². The number of pyridine rings is 1. The van der Waals surface area contributed by atoms with E-state index < -0.39 is 5.63 Å². The van der Waals surface area contributed by atoms with Gasteiger partial charge in [0, 0.05) is 25.5 Å². The second kappa shape index (κ2) is 15.6. The second-order valence-electron chi connectivity index (χ2n) is 9.63. The van der Waals surface area contributed by atoms with Crippen molar-refractivity contribution >= 4 is 17.1 Å². The maximum Gasteiger partial charge on any atom is 0.409 e. The van der Waals surface area contributed by atoms with Crippen LogP contribution in [-0.2, 0) is 4.74 Å². The number of unbranched alkanes of at least 4 members (excludes halogenated alkanes) is 9. The van der Waals surface area contributed by atoms with Gasteiger partial charge in [-0.3, -0.25) is 0 Å². The molecule has 0 fully saturated rings. The number of benzene rings is 1. The fourth-order valence-electron chi connectivity index (χ4n) is 4.14. The molecule has 38 heavy (non-hydrogen) atoms. The highest BCUT2D eigenvalue weighted by atomic mass is 16.6. The van der Waals surface area contributed by atoms with Crippen molar-refractivity contribution in [2.24, 2.45) is 0 Å². The van der Waals surface area contributed by atoms with Gasteiger partial charge < -0.3 is 23.5 Å². The molecule has 1 amide bonds. The molecule has 3 rings (SSSR count). The average Bonchev–Trinajstić information content (AvgIpc) is 2.92. The smallest absolute Gasteiger partial charge is 0.409 e. The standard InChI is InChI=1S/C30H40N2O6/c1-32(2)30(34)37-19-13-11-9-7-5-4-6-8-10-12-18-36-28-21-24-20-26(29(33)38-27(24)22-31-28)23-14-16-25(35-3)17-15-23/h14-17,20-22H,4-13,18-19H2,1-3H3. The highest BCUT2D eigenvalue weighted by Gasteiger charge is 2.10. The Morgan fingerprint density at radius 1 is 0.868 bits per heavy atom. The van der Waals surface area contributed by atoms with Crippen LogP contribution in [0.3, 0.4) is 0 Å². The first-order valence-corrected chi connectivity index (χ1v) is 13.5. The first kappa shape index (κ1) is 29.0. The van der Waals surface area contributed by atoms with Crippen molar-refractivity contribution in [2.75, 3.05) is 34.4 Å². The maximum absolute atomic E-state index is 12.4. The number of ether oxygens (including phenoxy) is 3. The van der Waals surface area contributed by atoms with Crippen molar-refractivity contribution in [3.8, 4) is 22.8 Å². The largest absolute Gasteiger partial charge is 0.497 e. The van der Waals surface area contributed by atoms with Crippen LogP contribution in [0.5, 0.6) is 11.6 Å². The molecule has 1 aromatic carbocycles. The van der Waals surface area contributed by atoms with E-state index in [0.29, 0.717) is 30.2 Å². The van der Waals surface area contributed by atoms with Gasteiger partial charge in [0.05, 0.1) is 32.1 Å². The molecule has 0 spiro atoms. The van der Waals surface area contributed by atoms with Crippen LogP contribution in [0.2, 0.25) is 0 Å². The number of amides is 1. The van der Waals surface area contributed by atoms with Crippen molar-refractivity contribution < 1.29 is 23.4 Å². The number of nitrogens with zero attached hydrogens (tertiary/aromatic N) is 2. The number of aromatic nitrogens is 1. The second-order valence-corrected chi connectivity index (χ2v) is 9.63. The van der Waals surface area contributed by atoms with Gasteiger partial charge in [-0.05, 0) is 36.6 Å². The number of hydrogen-bond acceptors (Lipinski definition) is 7. The predicted molar refractivity (Wildman–Crippen MR) is 149 cm³/mol. The Morgan fingerprint density at radius 3 is 2.08 bits per heavy atom. The van der Waals surface area contributed by atoms with E-state index >= 15 is 0 Å². The molecule has 8 heteroatoms. The topological polar surface area (TPSA) is 91.1 Å². The summed E-state index contributed by atoms with van der Waals surface area (Å²) in [7, 11) is 5.00. The van der Waals surface area contributed by atoms with Gasteiger partial charge in [0.2, 0.25) is 5.88 Å². The summed E-state index contributed by atoms with van der Waals surface area (Å²) in [6, 6.07) is 10.9. The fourth-order valence-corrected chi connectivity index (χ4v) is 4.14. The van der Waals surface area contributed by atoms with Gasteiger partial charge in [0.1, 0.15) is 5.75 Å². The molecule has 0 aliphatic carbocycles. The summed E-state index contributed by atoms with van der Waals surface area (Å²) in [5.41, 5.74) is 1.29. The summed E-state index contributed by atoms with van der Waals surface area (Å²) >= 11 is 0. The summed E-state index contributed by atoms with van der Waals surface area (Å²) < 4.78 is 21.7. The van der Waals surface area contributed by atoms with Gasteiger partial charge in [-0.15, -0.1) is 0 Å². The van der Waals surface area contributed by atoms with E-state index in [1.54, 1.807) is 27.4 Å². The minimum atomic E-state index is -0.402. The van der Waals surface area contributed by atoms with Crippen molar-refractivity contribution in [3.63, 3.8) is 0 Å². The van der Waals surface area contributed by atoms with Crippen LogP contribution in [0.15, 0.2) is 51.8 Å². The third kappa shape index (κ3) is 9.39. The number of carbonyl (C=O) groups excluding carboxylic acids is 1. The Kier molecular flexibility index (Phi) is 11.9. The SMILES string of the molecule is COc1ccc(-c2cc3cc(OCCCCCCCCCCCCOC(=O)N(C)C)ncc3oc2=O)cc1. The predicted octanol–water partition coefficient (Wildman–Crippen LogP) is 6.84. The van der Waals surface area contributed by atoms with Crippen LogP contribution < -0.4 is 15.1 Å². The Balaban J connectivity index is 1.29. The van der Waals surface area contributed by atoms with E-state index in [2.05, 4.69) is 4.98 Å². The molecule has 0 unspecified atom stereocenters. The lowest BCUT2D eigenvalue weighted by molar-refractivity contribution is 0.116. The van der Waals surface area contributed by atoms with Crippen molar-refractivity contribution in [3.05, 3.63) is 53.0 Å².